The Balaban J connectivity index is 0.00000192. The van der Waals surface area contributed by atoms with Crippen molar-refractivity contribution in [2.75, 3.05) is 19.6 Å². The number of carbonyl (C=O) groups is 1. The van der Waals surface area contributed by atoms with Crippen LogP contribution in [0.15, 0.2) is 24.3 Å². The first-order chi connectivity index (χ1) is 10.4. The normalized spacial score (nSPS) is 23.9. The second-order valence-corrected chi connectivity index (χ2v) is 5.72. The van der Waals surface area contributed by atoms with Crippen LogP contribution in [0.1, 0.15) is 23.2 Å². The van der Waals surface area contributed by atoms with E-state index in [0.29, 0.717) is 30.6 Å². The third kappa shape index (κ3) is 4.29. The van der Waals surface area contributed by atoms with Crippen molar-refractivity contribution in [1.82, 2.24) is 10.2 Å². The Hall–Kier alpha value is -1.47. The maximum absolute atomic E-state index is 12.4. The summed E-state index contributed by atoms with van der Waals surface area (Å²) in [6.45, 7) is 2.37. The quantitative estimate of drug-likeness (QED) is 0.891. The molecule has 1 aromatic rings. The highest BCUT2D eigenvalue weighted by Gasteiger charge is 2.35. The lowest BCUT2D eigenvalue weighted by Crippen LogP contribution is -2.46. The molecular formula is C15H18ClF3N2O2. The van der Waals surface area contributed by atoms with Gasteiger partial charge < -0.3 is 15.0 Å². The summed E-state index contributed by atoms with van der Waals surface area (Å²) in [6, 6.07) is 5.59. The van der Waals surface area contributed by atoms with Gasteiger partial charge in [-0.15, -0.1) is 25.6 Å². The maximum Gasteiger partial charge on any atom is 0.573 e. The van der Waals surface area contributed by atoms with Crippen LogP contribution in [0.5, 0.6) is 5.75 Å². The molecule has 128 valence electrons. The van der Waals surface area contributed by atoms with Crippen molar-refractivity contribution in [3.8, 4) is 5.75 Å². The molecule has 0 aliphatic carbocycles. The van der Waals surface area contributed by atoms with Crippen molar-refractivity contribution >= 4 is 18.3 Å². The number of fused-ring (bicyclic) bond motifs is 1. The number of halogens is 4. The molecule has 0 bridgehead atoms. The number of hydrogen-bond donors (Lipinski definition) is 1. The Labute approximate surface area is 138 Å². The summed E-state index contributed by atoms with van der Waals surface area (Å²) in [7, 11) is 0. The first-order valence-electron chi connectivity index (χ1n) is 7.31. The number of nitrogens with zero attached hydrogens (tertiary/aromatic N) is 1. The van der Waals surface area contributed by atoms with Crippen LogP contribution in [0, 0.1) is 5.92 Å². The Kier molecular flexibility index (Phi) is 5.41. The van der Waals surface area contributed by atoms with E-state index in [0.717, 1.165) is 19.4 Å². The third-order valence-electron chi connectivity index (χ3n) is 4.28. The molecule has 0 aromatic heterocycles. The molecule has 0 saturated carbocycles. The van der Waals surface area contributed by atoms with Crippen LogP contribution in [-0.4, -0.2) is 42.8 Å². The first-order valence-corrected chi connectivity index (χ1v) is 7.31. The number of amides is 1. The molecule has 2 aliphatic rings. The predicted molar refractivity (Wildman–Crippen MR) is 80.8 cm³/mol. The standard InChI is InChI=1S/C15H17F3N2O2.ClH/c16-15(17,18)22-12-3-1-10(2-4-12)14(21)20-8-6-13-11(9-20)5-7-19-13;/h1-4,11,13,19H,5-9H2;1H. The van der Waals surface area contributed by atoms with Gasteiger partial charge in [-0.2, -0.15) is 0 Å². The summed E-state index contributed by atoms with van der Waals surface area (Å²) >= 11 is 0. The van der Waals surface area contributed by atoms with Crippen molar-refractivity contribution in [3.63, 3.8) is 0 Å². The van der Waals surface area contributed by atoms with Gasteiger partial charge in [-0.1, -0.05) is 0 Å². The van der Waals surface area contributed by atoms with Crippen molar-refractivity contribution in [2.24, 2.45) is 5.92 Å². The molecule has 8 heteroatoms. The minimum absolute atomic E-state index is 0. The van der Waals surface area contributed by atoms with E-state index in [4.69, 9.17) is 0 Å². The van der Waals surface area contributed by atoms with Crippen molar-refractivity contribution in [3.05, 3.63) is 29.8 Å². The molecule has 2 saturated heterocycles. The zero-order valence-electron chi connectivity index (χ0n) is 12.3. The number of likely N-dealkylation sites (tertiary alicyclic amines) is 1. The van der Waals surface area contributed by atoms with Gasteiger partial charge in [0.05, 0.1) is 0 Å². The number of ether oxygens (including phenoxy) is 1. The molecule has 1 N–H and O–H groups in total. The molecule has 0 spiro atoms. The van der Waals surface area contributed by atoms with Crippen LogP contribution in [0.25, 0.3) is 0 Å². The molecule has 1 aromatic carbocycles. The molecular weight excluding hydrogens is 333 g/mol. The number of benzene rings is 1. The number of alkyl halides is 3. The summed E-state index contributed by atoms with van der Waals surface area (Å²) in [5, 5.41) is 3.43. The summed E-state index contributed by atoms with van der Waals surface area (Å²) in [5.41, 5.74) is 0.388. The van der Waals surface area contributed by atoms with Crippen LogP contribution in [0.4, 0.5) is 13.2 Å². The Bertz CT molecular complexity index is 551. The van der Waals surface area contributed by atoms with E-state index in [1.807, 2.05) is 0 Å². The van der Waals surface area contributed by atoms with E-state index in [9.17, 15) is 18.0 Å². The second kappa shape index (κ2) is 6.97. The molecule has 1 amide bonds. The van der Waals surface area contributed by atoms with E-state index in [1.54, 1.807) is 4.90 Å². The monoisotopic (exact) mass is 350 g/mol. The molecule has 2 aliphatic heterocycles. The molecule has 4 nitrogen and oxygen atoms in total. The zero-order valence-corrected chi connectivity index (χ0v) is 13.1. The smallest absolute Gasteiger partial charge is 0.406 e. The predicted octanol–water partition coefficient (Wildman–Crippen LogP) is 2.83. The SMILES string of the molecule is Cl.O=C(c1ccc(OC(F)(F)F)cc1)N1CCC2NCCC2C1. The Morgan fingerprint density at radius 1 is 1.22 bits per heavy atom. The summed E-state index contributed by atoms with van der Waals surface area (Å²) in [5.74, 6) is 0.0252. The second-order valence-electron chi connectivity index (χ2n) is 5.72. The van der Waals surface area contributed by atoms with Gasteiger partial charge in [0.25, 0.3) is 5.91 Å². The van der Waals surface area contributed by atoms with E-state index >= 15 is 0 Å². The molecule has 2 heterocycles. The minimum atomic E-state index is -4.72. The van der Waals surface area contributed by atoms with Gasteiger partial charge in [-0.3, -0.25) is 4.79 Å². The number of carbonyl (C=O) groups excluding carboxylic acids is 1. The highest BCUT2D eigenvalue weighted by Crippen LogP contribution is 2.27. The lowest BCUT2D eigenvalue weighted by atomic mass is 9.93. The highest BCUT2D eigenvalue weighted by atomic mass is 35.5. The van der Waals surface area contributed by atoms with Crippen LogP contribution in [-0.2, 0) is 0 Å². The van der Waals surface area contributed by atoms with E-state index in [1.165, 1.54) is 24.3 Å². The zero-order chi connectivity index (χ0) is 15.7. The van der Waals surface area contributed by atoms with E-state index in [-0.39, 0.29) is 24.1 Å². The highest BCUT2D eigenvalue weighted by molar-refractivity contribution is 5.94. The van der Waals surface area contributed by atoms with Crippen molar-refractivity contribution in [2.45, 2.75) is 25.2 Å². The molecule has 2 fully saturated rings. The van der Waals surface area contributed by atoms with Crippen molar-refractivity contribution < 1.29 is 22.7 Å². The minimum Gasteiger partial charge on any atom is -0.406 e. The fourth-order valence-electron chi connectivity index (χ4n) is 3.21. The Morgan fingerprint density at radius 2 is 1.91 bits per heavy atom. The van der Waals surface area contributed by atoms with Crippen LogP contribution in [0.3, 0.4) is 0 Å². The number of piperidine rings is 1. The summed E-state index contributed by atoms with van der Waals surface area (Å²) < 4.78 is 40.1. The number of nitrogens with one attached hydrogen (secondary N) is 1. The van der Waals surface area contributed by atoms with E-state index < -0.39 is 6.36 Å². The van der Waals surface area contributed by atoms with Crippen LogP contribution < -0.4 is 10.1 Å². The number of hydrogen-bond acceptors (Lipinski definition) is 3. The van der Waals surface area contributed by atoms with Crippen molar-refractivity contribution in [1.29, 1.82) is 0 Å². The third-order valence-corrected chi connectivity index (χ3v) is 4.28. The summed E-state index contributed by atoms with van der Waals surface area (Å²) in [4.78, 5) is 14.2. The lowest BCUT2D eigenvalue weighted by Gasteiger charge is -2.34. The van der Waals surface area contributed by atoms with Gasteiger partial charge in [0.2, 0.25) is 0 Å². The topological polar surface area (TPSA) is 41.6 Å². The molecule has 0 radical (unpaired) electrons. The number of rotatable bonds is 2. The van der Waals surface area contributed by atoms with Gasteiger partial charge in [0.1, 0.15) is 5.75 Å². The van der Waals surface area contributed by atoms with E-state index in [2.05, 4.69) is 10.1 Å². The average Bonchev–Trinajstić information content (AvgIpc) is 2.93. The summed E-state index contributed by atoms with van der Waals surface area (Å²) in [6.07, 6.45) is -2.73. The Morgan fingerprint density at radius 3 is 2.57 bits per heavy atom. The molecule has 2 unspecified atom stereocenters. The molecule has 3 rings (SSSR count). The molecule has 2 atom stereocenters. The largest absolute Gasteiger partial charge is 0.573 e. The van der Waals surface area contributed by atoms with Gasteiger partial charge in [0, 0.05) is 24.7 Å². The lowest BCUT2D eigenvalue weighted by molar-refractivity contribution is -0.274. The van der Waals surface area contributed by atoms with Gasteiger partial charge in [-0.05, 0) is 49.6 Å². The van der Waals surface area contributed by atoms with Gasteiger partial charge in [-0.25, -0.2) is 0 Å². The fraction of sp³-hybridized carbons (Fsp3) is 0.533. The van der Waals surface area contributed by atoms with Crippen LogP contribution in [0.2, 0.25) is 0 Å². The van der Waals surface area contributed by atoms with Crippen LogP contribution >= 0.6 is 12.4 Å². The average molecular weight is 351 g/mol. The van der Waals surface area contributed by atoms with Gasteiger partial charge in [0.15, 0.2) is 0 Å². The van der Waals surface area contributed by atoms with Gasteiger partial charge >= 0.3 is 6.36 Å². The maximum atomic E-state index is 12.4. The fourth-order valence-corrected chi connectivity index (χ4v) is 3.21. The molecule has 23 heavy (non-hydrogen) atoms. The first kappa shape index (κ1) is 17.9.